The van der Waals surface area contributed by atoms with Crippen LogP contribution in [-0.2, 0) is 46.4 Å². The molecule has 18 N–H and O–H groups in total. The van der Waals surface area contributed by atoms with Crippen LogP contribution in [0.15, 0.2) is 43.0 Å². The molecular formula is C48H80N16O8S. The average molecular weight is 1040 g/mol. The van der Waals surface area contributed by atoms with Crippen LogP contribution >= 0.6 is 12.6 Å². The van der Waals surface area contributed by atoms with Gasteiger partial charge in [-0.05, 0) is 82.3 Å². The van der Waals surface area contributed by atoms with Crippen LogP contribution < -0.4 is 49.9 Å². The van der Waals surface area contributed by atoms with E-state index in [-0.39, 0.29) is 101 Å². The molecule has 406 valence electrons. The number of nitrogens with zero attached hydrogens (tertiary/aromatic N) is 4. The van der Waals surface area contributed by atoms with Crippen LogP contribution in [-0.4, -0.2) is 177 Å². The van der Waals surface area contributed by atoms with Crippen molar-refractivity contribution < 1.29 is 38.7 Å². The minimum atomic E-state index is -1.22. The lowest BCUT2D eigenvalue weighted by molar-refractivity contribution is -0.142. The number of nitrogens with two attached hydrogens (primary N) is 5. The van der Waals surface area contributed by atoms with Gasteiger partial charge < -0.3 is 79.7 Å². The molecule has 0 saturated heterocycles. The first-order valence-electron chi connectivity index (χ1n) is 25.1. The first-order chi connectivity index (χ1) is 35.0. The number of carbonyl (C=O) groups excluding carboxylic acids is 7. The number of rotatable bonds is 37. The highest BCUT2D eigenvalue weighted by atomic mass is 32.1. The molecule has 3 aromatic rings. The maximum atomic E-state index is 14.6. The fourth-order valence-corrected chi connectivity index (χ4v) is 8.51. The van der Waals surface area contributed by atoms with Gasteiger partial charge in [-0.1, -0.05) is 24.6 Å². The number of carbonyl (C=O) groups is 7. The molecule has 24 nitrogen and oxygen atoms in total. The average Bonchev–Trinajstić information content (AvgIpc) is 4.04. The van der Waals surface area contributed by atoms with Crippen molar-refractivity contribution in [2.75, 3.05) is 64.7 Å². The molecule has 0 radical (unpaired) electrons. The predicted molar refractivity (Wildman–Crippen MR) is 281 cm³/mol. The number of amides is 7. The zero-order chi connectivity index (χ0) is 53.7. The third kappa shape index (κ3) is 21.0. The Balaban J connectivity index is 1.95. The summed E-state index contributed by atoms with van der Waals surface area (Å²) in [5, 5.41) is 29.3. The van der Waals surface area contributed by atoms with Crippen molar-refractivity contribution in [2.24, 2.45) is 28.7 Å². The van der Waals surface area contributed by atoms with Gasteiger partial charge in [0.25, 0.3) is 0 Å². The van der Waals surface area contributed by atoms with E-state index in [4.69, 9.17) is 34.1 Å². The van der Waals surface area contributed by atoms with Crippen LogP contribution in [0.2, 0.25) is 0 Å². The largest absolute Gasteiger partial charge is 0.391 e. The van der Waals surface area contributed by atoms with E-state index in [0.29, 0.717) is 70.3 Å². The molecule has 0 aliphatic heterocycles. The van der Waals surface area contributed by atoms with E-state index >= 15 is 0 Å². The van der Waals surface area contributed by atoms with Gasteiger partial charge in [0.1, 0.15) is 24.2 Å². The summed E-state index contributed by atoms with van der Waals surface area (Å²) in [4.78, 5) is 111. The standard InChI is InChI=1S/C48H80N16O8S/c1-32(65)43(51)47(72)58-22-25-63(42(68)16-26-73)38(27-33-29-60-36-12-5-4-11-35(33)36)45(70)56-21-24-64(41(67)14-3-2-8-17-49)39(28-34-30-55-31-61-34)46(71)57-20-23-62(37(44(52)69)13-6-9-18-50)40(66)15-7-10-19-59-48(53)54/h4-5,11-12,29-32,37-39,43,60,65,73H,2-3,6-10,13-28,49-51H2,1H3,(H2,52,69)(H,55,61)(H,56,70)(H,57,71)(H,58,72)(H4,53,54,59). The van der Waals surface area contributed by atoms with Gasteiger partial charge in [0.2, 0.25) is 41.4 Å². The van der Waals surface area contributed by atoms with E-state index in [0.717, 1.165) is 16.5 Å². The minimum Gasteiger partial charge on any atom is -0.391 e. The van der Waals surface area contributed by atoms with Crippen LogP contribution in [0, 0.1) is 5.41 Å². The van der Waals surface area contributed by atoms with Crippen molar-refractivity contribution in [3.63, 3.8) is 0 Å². The van der Waals surface area contributed by atoms with Crippen LogP contribution in [0.5, 0.6) is 0 Å². The fourth-order valence-electron chi connectivity index (χ4n) is 8.32. The van der Waals surface area contributed by atoms with E-state index in [1.54, 1.807) is 6.20 Å². The molecule has 5 atom stereocenters. The number of nitrogens with one attached hydrogen (secondary N) is 7. The number of fused-ring (bicyclic) bond motifs is 1. The summed E-state index contributed by atoms with van der Waals surface area (Å²) in [7, 11) is 0. The molecule has 2 heterocycles. The minimum absolute atomic E-state index is 0.00606. The van der Waals surface area contributed by atoms with Gasteiger partial charge in [-0.3, -0.25) is 39.0 Å². The number of aromatic nitrogens is 3. The number of H-pyrrole nitrogens is 2. The van der Waals surface area contributed by atoms with Crippen molar-refractivity contribution in [1.29, 1.82) is 5.41 Å². The van der Waals surface area contributed by atoms with E-state index in [1.807, 2.05) is 24.3 Å². The van der Waals surface area contributed by atoms with Crippen molar-refractivity contribution in [3.8, 4) is 0 Å². The Bertz CT molecular complexity index is 2190. The first-order valence-corrected chi connectivity index (χ1v) is 25.7. The third-order valence-electron chi connectivity index (χ3n) is 12.3. The first kappa shape index (κ1) is 61.0. The number of benzene rings is 1. The molecule has 7 amide bonds. The predicted octanol–water partition coefficient (Wildman–Crippen LogP) is -1.57. The Morgan fingerprint density at radius 1 is 0.699 bits per heavy atom. The molecule has 0 bridgehead atoms. The Hall–Kier alpha value is -6.28. The number of aliphatic hydroxyl groups is 1. The molecule has 0 aliphatic rings. The summed E-state index contributed by atoms with van der Waals surface area (Å²) < 4.78 is 0. The monoisotopic (exact) mass is 1040 g/mol. The maximum absolute atomic E-state index is 14.6. The third-order valence-corrected chi connectivity index (χ3v) is 12.6. The van der Waals surface area contributed by atoms with Gasteiger partial charge in [0.15, 0.2) is 5.96 Å². The Kier molecular flexibility index (Phi) is 28.0. The van der Waals surface area contributed by atoms with Crippen LogP contribution in [0.4, 0.5) is 0 Å². The lowest BCUT2D eigenvalue weighted by Gasteiger charge is -2.34. The number of hydrogen-bond acceptors (Lipinski definition) is 14. The molecule has 73 heavy (non-hydrogen) atoms. The topological polar surface area (TPSA) is 396 Å². The highest BCUT2D eigenvalue weighted by molar-refractivity contribution is 7.80. The summed E-state index contributed by atoms with van der Waals surface area (Å²) in [5.74, 6) is -3.63. The molecule has 25 heteroatoms. The Morgan fingerprint density at radius 2 is 1.25 bits per heavy atom. The van der Waals surface area contributed by atoms with Crippen LogP contribution in [0.25, 0.3) is 10.9 Å². The van der Waals surface area contributed by atoms with E-state index in [9.17, 15) is 38.7 Å². The molecule has 3 rings (SSSR count). The molecule has 0 spiro atoms. The second-order valence-corrected chi connectivity index (χ2v) is 18.3. The number of para-hydroxylation sites is 1. The van der Waals surface area contributed by atoms with Crippen molar-refractivity contribution in [2.45, 2.75) is 121 Å². The number of hydrogen-bond donors (Lipinski definition) is 14. The summed E-state index contributed by atoms with van der Waals surface area (Å²) in [6.07, 6.45) is 7.92. The van der Waals surface area contributed by atoms with Crippen LogP contribution in [0.3, 0.4) is 0 Å². The second kappa shape index (κ2) is 33.4. The maximum Gasteiger partial charge on any atom is 0.243 e. The van der Waals surface area contributed by atoms with Gasteiger partial charge in [-0.15, -0.1) is 0 Å². The molecule has 1 aromatic carbocycles. The molecule has 5 unspecified atom stereocenters. The van der Waals surface area contributed by atoms with Gasteiger partial charge in [0.05, 0.1) is 12.4 Å². The zero-order valence-electron chi connectivity index (χ0n) is 42.1. The van der Waals surface area contributed by atoms with Gasteiger partial charge in [0, 0.05) is 107 Å². The number of thiol groups is 1. The smallest absolute Gasteiger partial charge is 0.243 e. The lowest BCUT2D eigenvalue weighted by atomic mass is 10.0. The molecule has 0 fully saturated rings. The number of imidazole rings is 1. The van der Waals surface area contributed by atoms with E-state index < -0.39 is 59.8 Å². The lowest BCUT2D eigenvalue weighted by Crippen LogP contribution is -2.56. The number of unbranched alkanes of at least 4 members (excludes halogenated alkanes) is 4. The number of guanidine groups is 1. The number of aliphatic hydroxyl groups excluding tert-OH is 1. The second-order valence-electron chi connectivity index (χ2n) is 17.9. The summed E-state index contributed by atoms with van der Waals surface area (Å²) in [6.45, 7) is 1.91. The molecule has 2 aromatic heterocycles. The van der Waals surface area contributed by atoms with Gasteiger partial charge >= 0.3 is 0 Å². The molecule has 0 saturated carbocycles. The van der Waals surface area contributed by atoms with Crippen molar-refractivity contribution in [1.82, 2.24) is 50.9 Å². The highest BCUT2D eigenvalue weighted by Crippen LogP contribution is 2.22. The Morgan fingerprint density at radius 3 is 1.79 bits per heavy atom. The molecular weight excluding hydrogens is 961 g/mol. The normalized spacial score (nSPS) is 13.2. The zero-order valence-corrected chi connectivity index (χ0v) is 43.0. The quantitative estimate of drug-likeness (QED) is 0.0134. The number of primary amides is 1. The highest BCUT2D eigenvalue weighted by Gasteiger charge is 2.34. The summed E-state index contributed by atoms with van der Waals surface area (Å²) in [5.41, 5.74) is 30.6. The summed E-state index contributed by atoms with van der Waals surface area (Å²) >= 11 is 4.28. The molecule has 0 aliphatic carbocycles. The van der Waals surface area contributed by atoms with Gasteiger partial charge in [-0.25, -0.2) is 4.98 Å². The Labute approximate surface area is 432 Å². The number of aromatic amines is 2. The van der Waals surface area contributed by atoms with Crippen molar-refractivity contribution >= 4 is 70.8 Å². The van der Waals surface area contributed by atoms with E-state index in [2.05, 4.69) is 48.8 Å². The summed E-state index contributed by atoms with van der Waals surface area (Å²) in [6, 6.07) is 3.03. The SMILES string of the molecule is CC(O)C(N)C(=O)NCCN(C(=O)CCS)C(Cc1c[nH]c2ccccc12)C(=O)NCCN(C(=O)CCCCCN)C(Cc1cnc[nH]1)C(=O)NCCN(C(=O)CCCCNC(=N)N)C(CCCCN)C(N)=O. The van der Waals surface area contributed by atoms with Gasteiger partial charge in [-0.2, -0.15) is 12.6 Å². The van der Waals surface area contributed by atoms with Crippen LogP contribution in [0.1, 0.15) is 88.8 Å². The fraction of sp³-hybridized carbons (Fsp3) is 0.604. The van der Waals surface area contributed by atoms with E-state index in [1.165, 1.54) is 34.1 Å². The van der Waals surface area contributed by atoms with Crippen molar-refractivity contribution in [3.05, 3.63) is 54.2 Å².